The maximum absolute atomic E-state index is 12.8. The number of Topliss-reactive ketones (excluding diaryl/α,β-unsaturated/α-hetero) is 1. The molecule has 2 N–H and O–H groups in total. The smallest absolute Gasteiger partial charge is 0.168 e. The lowest BCUT2D eigenvalue weighted by molar-refractivity contribution is 0.0958. The van der Waals surface area contributed by atoms with Crippen LogP contribution in [0, 0.1) is 0 Å². The van der Waals surface area contributed by atoms with E-state index in [1.807, 2.05) is 14.0 Å². The third-order valence-corrected chi connectivity index (χ3v) is 3.77. The standard InChI is InChI=1S/C20H25NO4/c1-6-15(21(5)8-3)13-18(23)16-12-14(20(24)17(22)7-2)10-11-19(16)25-9-4/h6-8,10-12,15,22,24H,1-3,9,13H2,4-5H3/b20-17-. The molecule has 0 aliphatic rings. The van der Waals surface area contributed by atoms with Crippen LogP contribution in [-0.2, 0) is 0 Å². The summed E-state index contributed by atoms with van der Waals surface area (Å²) in [7, 11) is 1.81. The maximum Gasteiger partial charge on any atom is 0.168 e. The number of allylic oxidation sites excluding steroid dienone is 1. The van der Waals surface area contributed by atoms with Gasteiger partial charge in [-0.05, 0) is 37.4 Å². The predicted octanol–water partition coefficient (Wildman–Crippen LogP) is 4.26. The van der Waals surface area contributed by atoms with E-state index >= 15 is 0 Å². The van der Waals surface area contributed by atoms with E-state index in [2.05, 4.69) is 19.7 Å². The molecule has 5 heteroatoms. The van der Waals surface area contributed by atoms with Gasteiger partial charge in [0.2, 0.25) is 0 Å². The van der Waals surface area contributed by atoms with Gasteiger partial charge in [0.25, 0.3) is 0 Å². The van der Waals surface area contributed by atoms with Gasteiger partial charge in [-0.3, -0.25) is 4.79 Å². The highest BCUT2D eigenvalue weighted by molar-refractivity contribution is 6.00. The van der Waals surface area contributed by atoms with E-state index in [0.717, 1.165) is 6.08 Å². The molecule has 0 saturated heterocycles. The Morgan fingerprint density at radius 2 is 2.00 bits per heavy atom. The Kier molecular flexibility index (Phi) is 7.53. The summed E-state index contributed by atoms with van der Waals surface area (Å²) in [6.07, 6.45) is 4.59. The number of aliphatic hydroxyl groups excluding tert-OH is 2. The van der Waals surface area contributed by atoms with Gasteiger partial charge >= 0.3 is 0 Å². The van der Waals surface area contributed by atoms with Crippen molar-refractivity contribution in [2.75, 3.05) is 13.7 Å². The number of nitrogens with zero attached hydrogens (tertiary/aromatic N) is 1. The summed E-state index contributed by atoms with van der Waals surface area (Å²) in [6.45, 7) is 13.1. The lowest BCUT2D eigenvalue weighted by atomic mass is 9.99. The Morgan fingerprint density at radius 1 is 1.32 bits per heavy atom. The molecule has 1 unspecified atom stereocenters. The Morgan fingerprint density at radius 3 is 2.52 bits per heavy atom. The van der Waals surface area contributed by atoms with Crippen LogP contribution in [0.1, 0.15) is 29.3 Å². The normalized spacial score (nSPS) is 12.6. The molecule has 0 spiro atoms. The van der Waals surface area contributed by atoms with Crippen LogP contribution in [0.3, 0.4) is 0 Å². The van der Waals surface area contributed by atoms with Crippen LogP contribution in [0.5, 0.6) is 5.75 Å². The van der Waals surface area contributed by atoms with Gasteiger partial charge in [0.15, 0.2) is 17.3 Å². The number of likely N-dealkylation sites (N-methyl/N-ethyl adjacent to an activating group) is 1. The van der Waals surface area contributed by atoms with Crippen molar-refractivity contribution in [1.29, 1.82) is 0 Å². The number of ketones is 1. The van der Waals surface area contributed by atoms with Crippen molar-refractivity contribution in [3.8, 4) is 5.75 Å². The number of hydrogen-bond acceptors (Lipinski definition) is 5. The molecule has 1 atom stereocenters. The molecule has 0 aromatic heterocycles. The first-order valence-electron chi connectivity index (χ1n) is 7.91. The molecular formula is C20H25NO4. The largest absolute Gasteiger partial charge is 0.504 e. The topological polar surface area (TPSA) is 70.0 Å². The van der Waals surface area contributed by atoms with Crippen LogP contribution in [0.2, 0.25) is 0 Å². The summed E-state index contributed by atoms with van der Waals surface area (Å²) in [5.74, 6) is -0.463. The van der Waals surface area contributed by atoms with Crippen LogP contribution in [0.15, 0.2) is 62.0 Å². The SMILES string of the molecule is C=C/C(O)=C(/O)c1ccc(OCC)c(C(=O)CC(C=C)N(C)C=C)c1. The quantitative estimate of drug-likeness (QED) is 0.287. The highest BCUT2D eigenvalue weighted by Crippen LogP contribution is 2.26. The summed E-state index contributed by atoms with van der Waals surface area (Å²) in [6, 6.07) is 4.45. The van der Waals surface area contributed by atoms with Gasteiger partial charge in [-0.2, -0.15) is 0 Å². The summed E-state index contributed by atoms with van der Waals surface area (Å²) in [4.78, 5) is 14.6. The second kappa shape index (κ2) is 9.37. The Bertz CT molecular complexity index is 691. The first-order valence-corrected chi connectivity index (χ1v) is 7.91. The Balaban J connectivity index is 3.29. The summed E-state index contributed by atoms with van der Waals surface area (Å²) in [5.41, 5.74) is 0.628. The van der Waals surface area contributed by atoms with Gasteiger partial charge in [0, 0.05) is 19.0 Å². The fourth-order valence-corrected chi connectivity index (χ4v) is 2.25. The van der Waals surface area contributed by atoms with Gasteiger partial charge in [0.1, 0.15) is 5.75 Å². The Labute approximate surface area is 148 Å². The number of carbonyl (C=O) groups excluding carboxylic acids is 1. The fraction of sp³-hybridized carbons (Fsp3) is 0.250. The predicted molar refractivity (Wildman–Crippen MR) is 101 cm³/mol. The van der Waals surface area contributed by atoms with Gasteiger partial charge in [0.05, 0.1) is 18.2 Å². The third kappa shape index (κ3) is 5.01. The van der Waals surface area contributed by atoms with E-state index in [4.69, 9.17) is 4.74 Å². The second-order valence-electron chi connectivity index (χ2n) is 5.36. The van der Waals surface area contributed by atoms with Crippen LogP contribution < -0.4 is 4.74 Å². The van der Waals surface area contributed by atoms with Crippen molar-refractivity contribution in [3.63, 3.8) is 0 Å². The average molecular weight is 343 g/mol. The molecule has 1 rings (SSSR count). The van der Waals surface area contributed by atoms with E-state index in [-0.39, 0.29) is 29.8 Å². The van der Waals surface area contributed by atoms with Gasteiger partial charge in [-0.15, -0.1) is 6.58 Å². The second-order valence-corrected chi connectivity index (χ2v) is 5.36. The third-order valence-electron chi connectivity index (χ3n) is 3.77. The maximum atomic E-state index is 12.8. The minimum atomic E-state index is -0.363. The number of carbonyl (C=O) groups is 1. The van der Waals surface area contributed by atoms with Gasteiger partial charge < -0.3 is 19.8 Å². The molecule has 25 heavy (non-hydrogen) atoms. The molecule has 134 valence electrons. The number of ether oxygens (including phenoxy) is 1. The first-order chi connectivity index (χ1) is 11.9. The first kappa shape index (κ1) is 20.1. The van der Waals surface area contributed by atoms with E-state index in [1.54, 1.807) is 29.3 Å². The monoisotopic (exact) mass is 343 g/mol. The molecule has 0 fully saturated rings. The molecule has 0 bridgehead atoms. The van der Waals surface area contributed by atoms with E-state index in [1.165, 1.54) is 6.07 Å². The van der Waals surface area contributed by atoms with Crippen molar-refractivity contribution >= 4 is 11.5 Å². The molecular weight excluding hydrogens is 318 g/mol. The molecule has 0 aliphatic carbocycles. The van der Waals surface area contributed by atoms with Gasteiger partial charge in [-0.25, -0.2) is 0 Å². The summed E-state index contributed by atoms with van der Waals surface area (Å²) >= 11 is 0. The molecule has 1 aromatic rings. The zero-order chi connectivity index (χ0) is 19.0. The lowest BCUT2D eigenvalue weighted by Crippen LogP contribution is -2.27. The Hall–Kier alpha value is -2.95. The van der Waals surface area contributed by atoms with E-state index in [9.17, 15) is 15.0 Å². The average Bonchev–Trinajstić information content (AvgIpc) is 2.64. The minimum absolute atomic E-state index is 0.171. The molecule has 0 radical (unpaired) electrons. The van der Waals surface area contributed by atoms with Crippen molar-refractivity contribution in [2.45, 2.75) is 19.4 Å². The van der Waals surface area contributed by atoms with Crippen LogP contribution in [0.25, 0.3) is 5.76 Å². The van der Waals surface area contributed by atoms with Crippen molar-refractivity contribution in [1.82, 2.24) is 4.90 Å². The molecule has 0 heterocycles. The zero-order valence-electron chi connectivity index (χ0n) is 14.7. The molecule has 0 aliphatic heterocycles. The number of aliphatic hydroxyl groups is 2. The lowest BCUT2D eigenvalue weighted by Gasteiger charge is -2.23. The number of benzene rings is 1. The minimum Gasteiger partial charge on any atom is -0.504 e. The van der Waals surface area contributed by atoms with Crippen LogP contribution in [0.4, 0.5) is 0 Å². The number of rotatable bonds is 10. The summed E-state index contributed by atoms with van der Waals surface area (Å²) < 4.78 is 5.52. The fourth-order valence-electron chi connectivity index (χ4n) is 2.25. The van der Waals surface area contributed by atoms with Gasteiger partial charge in [-0.1, -0.05) is 19.2 Å². The number of hydrogen-bond donors (Lipinski definition) is 2. The molecule has 0 saturated carbocycles. The van der Waals surface area contributed by atoms with Crippen molar-refractivity contribution in [3.05, 3.63) is 73.2 Å². The highest BCUT2D eigenvalue weighted by Gasteiger charge is 2.20. The van der Waals surface area contributed by atoms with E-state index in [0.29, 0.717) is 23.5 Å². The van der Waals surface area contributed by atoms with E-state index < -0.39 is 0 Å². The zero-order valence-corrected chi connectivity index (χ0v) is 14.7. The molecule has 5 nitrogen and oxygen atoms in total. The van der Waals surface area contributed by atoms with Crippen LogP contribution >= 0.6 is 0 Å². The highest BCUT2D eigenvalue weighted by atomic mass is 16.5. The summed E-state index contributed by atoms with van der Waals surface area (Å²) in [5, 5.41) is 19.7. The van der Waals surface area contributed by atoms with Crippen molar-refractivity contribution in [2.24, 2.45) is 0 Å². The van der Waals surface area contributed by atoms with Crippen molar-refractivity contribution < 1.29 is 19.7 Å². The molecule has 1 aromatic carbocycles. The molecule has 0 amide bonds. The van der Waals surface area contributed by atoms with Crippen LogP contribution in [-0.4, -0.2) is 40.6 Å².